The highest BCUT2D eigenvalue weighted by Crippen LogP contribution is 2.18. The summed E-state index contributed by atoms with van der Waals surface area (Å²) in [6.45, 7) is 1.68. The number of carbonyl (C=O) groups is 2. The summed E-state index contributed by atoms with van der Waals surface area (Å²) in [5.74, 6) is 0.141. The zero-order chi connectivity index (χ0) is 22.2. The van der Waals surface area contributed by atoms with Crippen LogP contribution >= 0.6 is 0 Å². The lowest BCUT2D eigenvalue weighted by molar-refractivity contribution is -0.146. The Hall–Kier alpha value is -2.84. The van der Waals surface area contributed by atoms with E-state index >= 15 is 0 Å². The predicted molar refractivity (Wildman–Crippen MR) is 114 cm³/mol. The molecule has 2 aliphatic heterocycles. The highest BCUT2D eigenvalue weighted by molar-refractivity contribution is 5.77. The largest absolute Gasteiger partial charge is 0.464 e. The molecule has 2 atom stereocenters. The molecular weight excluding hydrogens is 412 g/mol. The molecule has 4 rings (SSSR count). The number of hydrogen-bond acceptors (Lipinski definition) is 8. The second-order valence-corrected chi connectivity index (χ2v) is 8.05. The van der Waals surface area contributed by atoms with Crippen LogP contribution in [-0.4, -0.2) is 53.9 Å². The zero-order valence-electron chi connectivity index (χ0n) is 18.0. The topological polar surface area (TPSA) is 103 Å². The molecule has 0 aliphatic carbocycles. The Morgan fingerprint density at radius 3 is 2.06 bits per heavy atom. The first-order chi connectivity index (χ1) is 15.7. The van der Waals surface area contributed by atoms with Crippen LogP contribution in [0.2, 0.25) is 0 Å². The summed E-state index contributed by atoms with van der Waals surface area (Å²) in [6, 6.07) is 7.68. The maximum Gasteiger partial charge on any atom is 0.338 e. The van der Waals surface area contributed by atoms with Gasteiger partial charge in [0.15, 0.2) is 18.0 Å². The maximum absolute atomic E-state index is 11.5. The van der Waals surface area contributed by atoms with E-state index in [9.17, 15) is 9.59 Å². The van der Waals surface area contributed by atoms with Crippen LogP contribution in [0.4, 0.5) is 0 Å². The lowest BCUT2D eigenvalue weighted by atomic mass is 10.1. The molecule has 8 nitrogen and oxygen atoms in total. The van der Waals surface area contributed by atoms with Crippen LogP contribution in [0.1, 0.15) is 43.2 Å². The fourth-order valence-electron chi connectivity index (χ4n) is 3.23. The highest BCUT2D eigenvalue weighted by atomic mass is 16.6. The van der Waals surface area contributed by atoms with Gasteiger partial charge in [-0.1, -0.05) is 43.5 Å². The Morgan fingerprint density at radius 1 is 0.812 bits per heavy atom. The van der Waals surface area contributed by atoms with Gasteiger partial charge in [0.05, 0.1) is 19.8 Å². The SMILES string of the molecule is O=C(OCCCCCCCc1cnc(-c2ccc(COC(=O)C3CO3)cc2)nc1)C1CO1. The normalized spacial score (nSPS) is 18.8. The number of esters is 2. The van der Waals surface area contributed by atoms with Crippen molar-refractivity contribution in [2.75, 3.05) is 19.8 Å². The Bertz CT molecular complexity index is 892. The van der Waals surface area contributed by atoms with Crippen molar-refractivity contribution < 1.29 is 28.5 Å². The minimum absolute atomic E-state index is 0.227. The van der Waals surface area contributed by atoms with Crippen molar-refractivity contribution in [1.29, 1.82) is 0 Å². The number of nitrogens with zero attached hydrogens (tertiary/aromatic N) is 2. The third kappa shape index (κ3) is 7.10. The molecule has 2 fully saturated rings. The summed E-state index contributed by atoms with van der Waals surface area (Å²) < 4.78 is 20.1. The quantitative estimate of drug-likeness (QED) is 0.266. The van der Waals surface area contributed by atoms with E-state index in [0.717, 1.165) is 55.2 Å². The molecule has 1 aromatic heterocycles. The first-order valence-corrected chi connectivity index (χ1v) is 11.2. The number of benzene rings is 1. The molecule has 0 amide bonds. The van der Waals surface area contributed by atoms with Crippen molar-refractivity contribution in [2.24, 2.45) is 0 Å². The second-order valence-electron chi connectivity index (χ2n) is 8.05. The average molecular weight is 440 g/mol. The van der Waals surface area contributed by atoms with Gasteiger partial charge in [0.25, 0.3) is 0 Å². The first-order valence-electron chi connectivity index (χ1n) is 11.2. The van der Waals surface area contributed by atoms with Crippen molar-refractivity contribution in [3.63, 3.8) is 0 Å². The van der Waals surface area contributed by atoms with Gasteiger partial charge in [-0.3, -0.25) is 0 Å². The van der Waals surface area contributed by atoms with Gasteiger partial charge >= 0.3 is 11.9 Å². The maximum atomic E-state index is 11.5. The molecule has 0 saturated carbocycles. The summed E-state index contributed by atoms with van der Waals surface area (Å²) in [7, 11) is 0. The molecule has 2 saturated heterocycles. The third-order valence-electron chi connectivity index (χ3n) is 5.35. The van der Waals surface area contributed by atoms with Gasteiger partial charge in [-0.2, -0.15) is 0 Å². The van der Waals surface area contributed by atoms with Crippen molar-refractivity contribution in [1.82, 2.24) is 9.97 Å². The highest BCUT2D eigenvalue weighted by Gasteiger charge is 2.33. The number of ether oxygens (including phenoxy) is 4. The smallest absolute Gasteiger partial charge is 0.338 e. The minimum atomic E-state index is -0.375. The van der Waals surface area contributed by atoms with Gasteiger partial charge in [0.1, 0.15) is 6.61 Å². The molecule has 32 heavy (non-hydrogen) atoms. The van der Waals surface area contributed by atoms with Gasteiger partial charge in [-0.25, -0.2) is 19.6 Å². The molecule has 2 unspecified atom stereocenters. The van der Waals surface area contributed by atoms with Gasteiger partial charge in [-0.15, -0.1) is 0 Å². The second kappa shape index (κ2) is 11.2. The molecule has 2 aliphatic rings. The lowest BCUT2D eigenvalue weighted by Crippen LogP contribution is -2.12. The molecule has 0 bridgehead atoms. The van der Waals surface area contributed by atoms with Crippen LogP contribution < -0.4 is 0 Å². The Balaban J connectivity index is 1.10. The van der Waals surface area contributed by atoms with Gasteiger partial charge in [0.2, 0.25) is 0 Å². The molecule has 8 heteroatoms. The Labute approximate surface area is 187 Å². The predicted octanol–water partition coefficient (Wildman–Crippen LogP) is 3.02. The first kappa shape index (κ1) is 22.4. The summed E-state index contributed by atoms with van der Waals surface area (Å²) in [5.41, 5.74) is 2.96. The van der Waals surface area contributed by atoms with E-state index in [4.69, 9.17) is 18.9 Å². The van der Waals surface area contributed by atoms with Gasteiger partial charge in [0, 0.05) is 18.0 Å². The molecule has 0 N–H and O–H groups in total. The van der Waals surface area contributed by atoms with Gasteiger partial charge < -0.3 is 18.9 Å². The summed E-state index contributed by atoms with van der Waals surface area (Å²) in [6.07, 6.45) is 9.31. The molecular formula is C24H28N2O6. The fraction of sp³-hybridized carbons (Fsp3) is 0.500. The number of epoxide rings is 2. The Morgan fingerprint density at radius 2 is 1.41 bits per heavy atom. The van der Waals surface area contributed by atoms with Crippen LogP contribution in [0.25, 0.3) is 11.4 Å². The Kier molecular flexibility index (Phi) is 7.79. The van der Waals surface area contributed by atoms with Crippen molar-refractivity contribution in [3.05, 3.63) is 47.8 Å². The van der Waals surface area contributed by atoms with Crippen LogP contribution in [0.3, 0.4) is 0 Å². The molecule has 0 spiro atoms. The number of rotatable bonds is 13. The standard InChI is InChI=1S/C24H28N2O6/c27-23(20-15-30-20)29-11-5-3-1-2-4-6-18-12-25-22(26-13-18)19-9-7-17(8-10-19)14-32-24(28)21-16-31-21/h7-10,12-13,20-21H,1-6,11,14-16H2. The van der Waals surface area contributed by atoms with E-state index in [-0.39, 0.29) is 30.8 Å². The summed E-state index contributed by atoms with van der Waals surface area (Å²) in [5, 5.41) is 0. The van der Waals surface area contributed by atoms with E-state index in [1.54, 1.807) is 0 Å². The minimum Gasteiger partial charge on any atom is -0.464 e. The molecule has 170 valence electrons. The van der Waals surface area contributed by atoms with E-state index in [1.165, 1.54) is 0 Å². The monoisotopic (exact) mass is 440 g/mol. The van der Waals surface area contributed by atoms with E-state index in [0.29, 0.717) is 25.6 Å². The third-order valence-corrected chi connectivity index (χ3v) is 5.35. The van der Waals surface area contributed by atoms with Crippen LogP contribution in [0.5, 0.6) is 0 Å². The van der Waals surface area contributed by atoms with Crippen molar-refractivity contribution in [2.45, 2.75) is 57.3 Å². The van der Waals surface area contributed by atoms with E-state index in [2.05, 4.69) is 9.97 Å². The molecule has 3 heterocycles. The summed E-state index contributed by atoms with van der Waals surface area (Å²) in [4.78, 5) is 31.8. The number of unbranched alkanes of at least 4 members (excludes halogenated alkanes) is 4. The van der Waals surface area contributed by atoms with Crippen LogP contribution in [0, 0.1) is 0 Å². The van der Waals surface area contributed by atoms with E-state index in [1.807, 2.05) is 36.7 Å². The zero-order valence-corrected chi connectivity index (χ0v) is 18.0. The number of hydrogen-bond donors (Lipinski definition) is 0. The average Bonchev–Trinajstić information content (AvgIpc) is 3.72. The van der Waals surface area contributed by atoms with Gasteiger partial charge in [-0.05, 0) is 30.4 Å². The lowest BCUT2D eigenvalue weighted by Gasteiger charge is -2.06. The number of carbonyl (C=O) groups excluding carboxylic acids is 2. The van der Waals surface area contributed by atoms with E-state index < -0.39 is 0 Å². The number of aromatic nitrogens is 2. The van der Waals surface area contributed by atoms with Crippen LogP contribution in [0.15, 0.2) is 36.7 Å². The molecule has 1 aromatic carbocycles. The molecule has 2 aromatic rings. The molecule has 0 radical (unpaired) electrons. The fourth-order valence-corrected chi connectivity index (χ4v) is 3.23. The number of aryl methyl sites for hydroxylation is 1. The van der Waals surface area contributed by atoms with Crippen LogP contribution in [-0.2, 0) is 41.6 Å². The summed E-state index contributed by atoms with van der Waals surface area (Å²) >= 11 is 0. The van der Waals surface area contributed by atoms with Crippen molar-refractivity contribution >= 4 is 11.9 Å². The van der Waals surface area contributed by atoms with Crippen molar-refractivity contribution in [3.8, 4) is 11.4 Å².